The van der Waals surface area contributed by atoms with Gasteiger partial charge >= 0.3 is 0 Å². The van der Waals surface area contributed by atoms with E-state index in [0.717, 1.165) is 35.1 Å². The molecule has 0 atom stereocenters. The van der Waals surface area contributed by atoms with Crippen LogP contribution >= 0.6 is 12.6 Å². The number of hydrogen-bond donors (Lipinski definition) is 2. The molecule has 6 heteroatoms. The molecule has 0 radical (unpaired) electrons. The molecule has 0 aliphatic carbocycles. The lowest BCUT2D eigenvalue weighted by atomic mass is 10.0. The lowest BCUT2D eigenvalue weighted by Gasteiger charge is -2.38. The third-order valence-electron chi connectivity index (χ3n) is 5.06. The van der Waals surface area contributed by atoms with Gasteiger partial charge in [0.05, 0.1) is 19.7 Å². The lowest BCUT2D eigenvalue weighted by Crippen LogP contribution is -2.48. The first-order valence-corrected chi connectivity index (χ1v) is 10.7. The summed E-state index contributed by atoms with van der Waals surface area (Å²) in [5.41, 5.74) is 2.34. The van der Waals surface area contributed by atoms with Gasteiger partial charge in [0.2, 0.25) is 0 Å². The van der Waals surface area contributed by atoms with Crippen molar-refractivity contribution in [2.75, 3.05) is 45.1 Å². The molecule has 0 saturated carbocycles. The molecule has 0 bridgehead atoms. The molecule has 3 rings (SSSR count). The zero-order valence-corrected chi connectivity index (χ0v) is 17.8. The number of carbonyl (C=O) groups is 1. The van der Waals surface area contributed by atoms with E-state index in [0.29, 0.717) is 44.3 Å². The quantitative estimate of drug-likeness (QED) is 0.394. The first-order chi connectivity index (χ1) is 14.1. The number of nitrogens with one attached hydrogen (secondary N) is 1. The minimum absolute atomic E-state index is 0.0473. The molecule has 1 N–H and O–H groups in total. The van der Waals surface area contributed by atoms with E-state index in [4.69, 9.17) is 10.1 Å². The minimum Gasteiger partial charge on any atom is -0.377 e. The summed E-state index contributed by atoms with van der Waals surface area (Å²) in [6, 6.07) is 13.9. The van der Waals surface area contributed by atoms with Crippen LogP contribution in [0.5, 0.6) is 0 Å². The second-order valence-corrected chi connectivity index (χ2v) is 7.52. The zero-order chi connectivity index (χ0) is 20.6. The van der Waals surface area contributed by atoms with Crippen LogP contribution in [0.3, 0.4) is 0 Å². The molecule has 0 spiro atoms. The summed E-state index contributed by atoms with van der Waals surface area (Å²) < 4.78 is 5.63. The van der Waals surface area contributed by atoms with E-state index in [-0.39, 0.29) is 5.91 Å². The highest BCUT2D eigenvalue weighted by molar-refractivity contribution is 7.81. The second-order valence-electron chi connectivity index (χ2n) is 7.21. The van der Waals surface area contributed by atoms with Crippen LogP contribution in [-0.4, -0.2) is 66.6 Å². The van der Waals surface area contributed by atoms with Gasteiger partial charge in [0.15, 0.2) is 0 Å². The summed E-state index contributed by atoms with van der Waals surface area (Å²) in [5.74, 6) is 0.487. The van der Waals surface area contributed by atoms with Crippen molar-refractivity contribution in [3.8, 4) is 0 Å². The summed E-state index contributed by atoms with van der Waals surface area (Å²) in [6.45, 7) is 5.72. The van der Waals surface area contributed by atoms with Crippen molar-refractivity contribution in [3.63, 3.8) is 0 Å². The highest BCUT2D eigenvalue weighted by atomic mass is 32.1. The van der Waals surface area contributed by atoms with Crippen LogP contribution in [0.2, 0.25) is 0 Å². The van der Waals surface area contributed by atoms with Crippen molar-refractivity contribution in [3.05, 3.63) is 59.8 Å². The normalized spacial score (nSPS) is 15.9. The van der Waals surface area contributed by atoms with Crippen molar-refractivity contribution >= 4 is 35.0 Å². The molecule has 5 nitrogen and oxygen atoms in total. The summed E-state index contributed by atoms with van der Waals surface area (Å²) in [5, 5.41) is 10.1. The van der Waals surface area contributed by atoms with Gasteiger partial charge in [-0.2, -0.15) is 12.6 Å². The molecular weight excluding hydrogens is 382 g/mol. The van der Waals surface area contributed by atoms with Gasteiger partial charge in [-0.3, -0.25) is 4.79 Å². The molecule has 1 fully saturated rings. The fourth-order valence-electron chi connectivity index (χ4n) is 3.55. The summed E-state index contributed by atoms with van der Waals surface area (Å²) in [7, 11) is 0. The lowest BCUT2D eigenvalue weighted by molar-refractivity contribution is 0.0706. The molecule has 1 aliphatic rings. The molecule has 29 heavy (non-hydrogen) atoms. The molecular formula is C23H29N3O2S. The third-order valence-corrected chi connectivity index (χ3v) is 5.45. The number of benzene rings is 2. The predicted molar refractivity (Wildman–Crippen MR) is 122 cm³/mol. The monoisotopic (exact) mass is 411 g/mol. The van der Waals surface area contributed by atoms with Gasteiger partial charge in [0, 0.05) is 42.4 Å². The SMILES string of the molecule is CCCOC/C=C1\CN(C(=O)c2cccc3ccccc23)CCN1CC(=N)CS. The van der Waals surface area contributed by atoms with E-state index in [1.54, 1.807) is 0 Å². The fraction of sp³-hybridized carbons (Fsp3) is 0.391. The van der Waals surface area contributed by atoms with Crippen molar-refractivity contribution in [1.82, 2.24) is 9.80 Å². The Morgan fingerprint density at radius 1 is 1.21 bits per heavy atom. The Labute approximate surface area is 178 Å². The highest BCUT2D eigenvalue weighted by Gasteiger charge is 2.26. The second kappa shape index (κ2) is 10.5. The Hall–Kier alpha value is -2.31. The number of nitrogens with zero attached hydrogens (tertiary/aromatic N) is 2. The zero-order valence-electron chi connectivity index (χ0n) is 16.9. The summed E-state index contributed by atoms with van der Waals surface area (Å²) >= 11 is 4.22. The van der Waals surface area contributed by atoms with Gasteiger partial charge in [0.1, 0.15) is 0 Å². The van der Waals surface area contributed by atoms with Gasteiger partial charge in [-0.05, 0) is 29.3 Å². The van der Waals surface area contributed by atoms with E-state index in [1.165, 1.54) is 0 Å². The maximum absolute atomic E-state index is 13.3. The molecule has 1 heterocycles. The van der Waals surface area contributed by atoms with Gasteiger partial charge in [-0.25, -0.2) is 0 Å². The average Bonchev–Trinajstić information content (AvgIpc) is 2.76. The smallest absolute Gasteiger partial charge is 0.254 e. The van der Waals surface area contributed by atoms with Crippen molar-refractivity contribution in [2.45, 2.75) is 13.3 Å². The van der Waals surface area contributed by atoms with Crippen molar-refractivity contribution < 1.29 is 9.53 Å². The Kier molecular flexibility index (Phi) is 7.72. The van der Waals surface area contributed by atoms with Crippen LogP contribution in [0.15, 0.2) is 54.2 Å². The topological polar surface area (TPSA) is 56.6 Å². The Morgan fingerprint density at radius 2 is 2.00 bits per heavy atom. The highest BCUT2D eigenvalue weighted by Crippen LogP contribution is 2.22. The molecule has 1 saturated heterocycles. The van der Waals surface area contributed by atoms with Crippen LogP contribution in [0.4, 0.5) is 0 Å². The first-order valence-electron chi connectivity index (χ1n) is 10.1. The average molecular weight is 412 g/mol. The Balaban J connectivity index is 1.79. The van der Waals surface area contributed by atoms with Crippen LogP contribution in [0.25, 0.3) is 10.8 Å². The van der Waals surface area contributed by atoms with E-state index in [1.807, 2.05) is 53.4 Å². The Bertz CT molecular complexity index is 891. The molecule has 2 aromatic rings. The molecule has 2 aromatic carbocycles. The number of rotatable bonds is 8. The maximum Gasteiger partial charge on any atom is 0.254 e. The van der Waals surface area contributed by atoms with Crippen LogP contribution < -0.4 is 0 Å². The molecule has 154 valence electrons. The molecule has 0 aromatic heterocycles. The predicted octanol–water partition coefficient (Wildman–Crippen LogP) is 3.86. The number of amides is 1. The number of thiol groups is 1. The molecule has 1 aliphatic heterocycles. The number of ether oxygens (including phenoxy) is 1. The summed E-state index contributed by atoms with van der Waals surface area (Å²) in [6.07, 6.45) is 3.02. The van der Waals surface area contributed by atoms with Crippen LogP contribution in [0.1, 0.15) is 23.7 Å². The maximum atomic E-state index is 13.3. The summed E-state index contributed by atoms with van der Waals surface area (Å²) in [4.78, 5) is 17.4. The van der Waals surface area contributed by atoms with E-state index in [2.05, 4.69) is 24.5 Å². The number of hydrogen-bond acceptors (Lipinski definition) is 5. The van der Waals surface area contributed by atoms with E-state index >= 15 is 0 Å². The molecule has 1 amide bonds. The van der Waals surface area contributed by atoms with Gasteiger partial charge in [0.25, 0.3) is 5.91 Å². The van der Waals surface area contributed by atoms with Gasteiger partial charge in [-0.1, -0.05) is 43.3 Å². The van der Waals surface area contributed by atoms with E-state index < -0.39 is 0 Å². The number of carbonyl (C=O) groups excluding carboxylic acids is 1. The standard InChI is InChI=1S/C23H29N3O2S/c1-2-13-28-14-10-20-16-26(12-11-25(20)15-19(24)17-29)23(27)22-9-5-7-18-6-3-4-8-21(18)22/h3-10,24,29H,2,11-17H2,1H3/b20-10+,24-19?. The third kappa shape index (κ3) is 5.40. The largest absolute Gasteiger partial charge is 0.377 e. The minimum atomic E-state index is 0.0473. The van der Waals surface area contributed by atoms with Gasteiger partial charge < -0.3 is 19.9 Å². The van der Waals surface area contributed by atoms with Crippen molar-refractivity contribution in [2.24, 2.45) is 0 Å². The first kappa shape index (κ1) is 21.4. The van der Waals surface area contributed by atoms with Gasteiger partial charge in [-0.15, -0.1) is 0 Å². The molecule has 0 unspecified atom stereocenters. The number of piperazine rings is 1. The Morgan fingerprint density at radius 3 is 2.79 bits per heavy atom. The van der Waals surface area contributed by atoms with E-state index in [9.17, 15) is 4.79 Å². The van der Waals surface area contributed by atoms with Crippen LogP contribution in [-0.2, 0) is 4.74 Å². The number of fused-ring (bicyclic) bond motifs is 1. The van der Waals surface area contributed by atoms with Crippen molar-refractivity contribution in [1.29, 1.82) is 5.41 Å². The van der Waals surface area contributed by atoms with Crippen LogP contribution in [0, 0.1) is 5.41 Å². The fourth-order valence-corrected chi connectivity index (χ4v) is 3.65.